The maximum absolute atomic E-state index is 13.6. The van der Waals surface area contributed by atoms with Gasteiger partial charge in [-0.15, -0.1) is 0 Å². The van der Waals surface area contributed by atoms with E-state index in [-0.39, 0.29) is 5.69 Å². The summed E-state index contributed by atoms with van der Waals surface area (Å²) in [6.45, 7) is 0. The first kappa shape index (κ1) is 13.5. The second-order valence-electron chi connectivity index (χ2n) is 5.46. The molecule has 2 aromatic heterocycles. The molecule has 0 radical (unpaired) electrons. The summed E-state index contributed by atoms with van der Waals surface area (Å²) in [5, 5.41) is 1.12. The van der Waals surface area contributed by atoms with Crippen LogP contribution in [0, 0.1) is 5.82 Å². The molecule has 0 bridgehead atoms. The number of aromatic nitrogens is 2. The summed E-state index contributed by atoms with van der Waals surface area (Å²) in [7, 11) is 0. The van der Waals surface area contributed by atoms with Crippen LogP contribution in [0.2, 0.25) is 0 Å². The largest absolute Gasteiger partial charge is 0.396 e. The molecule has 0 atom stereocenters. The highest BCUT2D eigenvalue weighted by Crippen LogP contribution is 2.28. The smallest absolute Gasteiger partial charge is 0.146 e. The predicted octanol–water partition coefficient (Wildman–Crippen LogP) is 4.62. The second-order valence-corrected chi connectivity index (χ2v) is 5.46. The lowest BCUT2D eigenvalue weighted by molar-refractivity contribution is 0.633. The van der Waals surface area contributed by atoms with Crippen LogP contribution < -0.4 is 5.73 Å². The van der Waals surface area contributed by atoms with Crippen LogP contribution in [0.3, 0.4) is 0 Å². The fourth-order valence-electron chi connectivity index (χ4n) is 2.68. The van der Waals surface area contributed by atoms with Crippen LogP contribution in [0.5, 0.6) is 0 Å². The summed E-state index contributed by atoms with van der Waals surface area (Å²) in [5.41, 5.74) is 10.5. The fraction of sp³-hybridized carbons (Fsp3) is 0. The molecular formula is C19H14FN3. The molecule has 3 N–H and O–H groups in total. The van der Waals surface area contributed by atoms with E-state index in [0.717, 1.165) is 33.3 Å². The van der Waals surface area contributed by atoms with E-state index < -0.39 is 5.82 Å². The summed E-state index contributed by atoms with van der Waals surface area (Å²) < 4.78 is 13.6. The number of nitrogen functional groups attached to an aromatic ring is 1. The van der Waals surface area contributed by atoms with Crippen molar-refractivity contribution < 1.29 is 4.39 Å². The standard InChI is InChI=1S/C19H14FN3/c20-16-9-14(5-6-17(16)21)12-1-3-13(4-2-12)18-10-15-7-8-22-11-19(15)23-18/h1-11,23H,21H2. The highest BCUT2D eigenvalue weighted by atomic mass is 19.1. The molecule has 0 unspecified atom stereocenters. The van der Waals surface area contributed by atoms with Gasteiger partial charge in [0.05, 0.1) is 17.4 Å². The van der Waals surface area contributed by atoms with Crippen molar-refractivity contribution in [3.8, 4) is 22.4 Å². The maximum Gasteiger partial charge on any atom is 0.146 e. The highest BCUT2D eigenvalue weighted by Gasteiger charge is 2.05. The Bertz CT molecular complexity index is 954. The zero-order valence-electron chi connectivity index (χ0n) is 12.3. The molecule has 2 aromatic carbocycles. The zero-order chi connectivity index (χ0) is 15.8. The van der Waals surface area contributed by atoms with Gasteiger partial charge in [-0.25, -0.2) is 4.39 Å². The number of rotatable bonds is 2. The van der Waals surface area contributed by atoms with Gasteiger partial charge in [-0.3, -0.25) is 4.98 Å². The van der Waals surface area contributed by atoms with Crippen molar-refractivity contribution >= 4 is 16.6 Å². The number of benzene rings is 2. The Morgan fingerprint density at radius 2 is 1.61 bits per heavy atom. The van der Waals surface area contributed by atoms with Crippen LogP contribution in [0.4, 0.5) is 10.1 Å². The van der Waals surface area contributed by atoms with Crippen molar-refractivity contribution in [2.24, 2.45) is 0 Å². The lowest BCUT2D eigenvalue weighted by atomic mass is 10.0. The van der Waals surface area contributed by atoms with Gasteiger partial charge in [-0.05, 0) is 41.0 Å². The van der Waals surface area contributed by atoms with Gasteiger partial charge in [0.2, 0.25) is 0 Å². The first-order valence-corrected chi connectivity index (χ1v) is 7.29. The number of pyridine rings is 1. The summed E-state index contributed by atoms with van der Waals surface area (Å²) in [4.78, 5) is 7.46. The average molecular weight is 303 g/mol. The van der Waals surface area contributed by atoms with Crippen molar-refractivity contribution in [2.75, 3.05) is 5.73 Å². The van der Waals surface area contributed by atoms with Gasteiger partial charge in [-0.1, -0.05) is 30.3 Å². The van der Waals surface area contributed by atoms with Gasteiger partial charge in [0.15, 0.2) is 0 Å². The van der Waals surface area contributed by atoms with Gasteiger partial charge < -0.3 is 10.7 Å². The molecule has 4 heteroatoms. The number of nitrogens with zero attached hydrogens (tertiary/aromatic N) is 1. The number of halogens is 1. The molecule has 0 aliphatic heterocycles. The van der Waals surface area contributed by atoms with Gasteiger partial charge in [-0.2, -0.15) is 0 Å². The maximum atomic E-state index is 13.6. The number of nitrogens with one attached hydrogen (secondary N) is 1. The molecule has 2 heterocycles. The zero-order valence-corrected chi connectivity index (χ0v) is 12.3. The number of hydrogen-bond donors (Lipinski definition) is 2. The molecular weight excluding hydrogens is 289 g/mol. The van der Waals surface area contributed by atoms with Gasteiger partial charge >= 0.3 is 0 Å². The Hall–Kier alpha value is -3.14. The Balaban J connectivity index is 1.71. The molecule has 0 aliphatic rings. The molecule has 112 valence electrons. The average Bonchev–Trinajstić information content (AvgIpc) is 3.02. The monoisotopic (exact) mass is 303 g/mol. The van der Waals surface area contributed by atoms with Crippen molar-refractivity contribution in [3.63, 3.8) is 0 Å². The van der Waals surface area contributed by atoms with Gasteiger partial charge in [0.1, 0.15) is 5.82 Å². The summed E-state index contributed by atoms with van der Waals surface area (Å²) >= 11 is 0. The minimum Gasteiger partial charge on any atom is -0.396 e. The molecule has 4 aromatic rings. The minimum atomic E-state index is -0.394. The number of anilines is 1. The van der Waals surface area contributed by atoms with Crippen LogP contribution in [0.1, 0.15) is 0 Å². The third-order valence-electron chi connectivity index (χ3n) is 3.95. The number of nitrogens with two attached hydrogens (primary N) is 1. The van der Waals surface area contributed by atoms with Crippen LogP contribution >= 0.6 is 0 Å². The molecule has 0 spiro atoms. The summed E-state index contributed by atoms with van der Waals surface area (Å²) in [6.07, 6.45) is 3.59. The summed E-state index contributed by atoms with van der Waals surface area (Å²) in [6, 6.07) is 16.9. The van der Waals surface area contributed by atoms with E-state index in [0.29, 0.717) is 0 Å². The summed E-state index contributed by atoms with van der Waals surface area (Å²) in [5.74, 6) is -0.394. The van der Waals surface area contributed by atoms with Crippen molar-refractivity contribution in [1.82, 2.24) is 9.97 Å². The fourth-order valence-corrected chi connectivity index (χ4v) is 2.68. The first-order valence-electron chi connectivity index (χ1n) is 7.29. The van der Waals surface area contributed by atoms with Gasteiger partial charge in [0, 0.05) is 17.3 Å². The molecule has 0 aliphatic carbocycles. The number of H-pyrrole nitrogens is 1. The van der Waals surface area contributed by atoms with Crippen LogP contribution in [-0.4, -0.2) is 9.97 Å². The Morgan fingerprint density at radius 3 is 2.35 bits per heavy atom. The molecule has 0 saturated carbocycles. The lowest BCUT2D eigenvalue weighted by Crippen LogP contribution is -1.90. The van der Waals surface area contributed by atoms with E-state index in [1.807, 2.05) is 42.6 Å². The van der Waals surface area contributed by atoms with Crippen molar-refractivity contribution in [3.05, 3.63) is 72.8 Å². The lowest BCUT2D eigenvalue weighted by Gasteiger charge is -2.05. The van der Waals surface area contributed by atoms with Crippen molar-refractivity contribution in [1.29, 1.82) is 0 Å². The van der Waals surface area contributed by atoms with E-state index >= 15 is 0 Å². The van der Waals surface area contributed by atoms with E-state index in [2.05, 4.69) is 16.0 Å². The van der Waals surface area contributed by atoms with Crippen LogP contribution in [0.15, 0.2) is 67.0 Å². The van der Waals surface area contributed by atoms with E-state index in [9.17, 15) is 4.39 Å². The van der Waals surface area contributed by atoms with Crippen LogP contribution in [-0.2, 0) is 0 Å². The molecule has 23 heavy (non-hydrogen) atoms. The topological polar surface area (TPSA) is 54.7 Å². The highest BCUT2D eigenvalue weighted by molar-refractivity contribution is 5.85. The number of hydrogen-bond acceptors (Lipinski definition) is 2. The van der Waals surface area contributed by atoms with E-state index in [1.54, 1.807) is 12.3 Å². The van der Waals surface area contributed by atoms with Gasteiger partial charge in [0.25, 0.3) is 0 Å². The normalized spacial score (nSPS) is 11.0. The Kier molecular flexibility index (Phi) is 3.08. The third-order valence-corrected chi connectivity index (χ3v) is 3.95. The second kappa shape index (κ2) is 5.25. The van der Waals surface area contributed by atoms with E-state index in [4.69, 9.17) is 5.73 Å². The minimum absolute atomic E-state index is 0.164. The third kappa shape index (κ3) is 2.44. The SMILES string of the molecule is Nc1ccc(-c2ccc(-c3cc4ccncc4[nH]3)cc2)cc1F. The molecule has 0 fully saturated rings. The van der Waals surface area contributed by atoms with Crippen LogP contribution in [0.25, 0.3) is 33.3 Å². The quantitative estimate of drug-likeness (QED) is 0.531. The predicted molar refractivity (Wildman–Crippen MR) is 91.3 cm³/mol. The Morgan fingerprint density at radius 1 is 0.870 bits per heavy atom. The molecule has 3 nitrogen and oxygen atoms in total. The Labute approximate surface area is 132 Å². The van der Waals surface area contributed by atoms with E-state index in [1.165, 1.54) is 6.07 Å². The molecule has 0 saturated heterocycles. The number of aromatic amines is 1. The van der Waals surface area contributed by atoms with Crippen molar-refractivity contribution in [2.45, 2.75) is 0 Å². The molecule has 4 rings (SSSR count). The number of fused-ring (bicyclic) bond motifs is 1. The first-order chi connectivity index (χ1) is 11.2. The molecule has 0 amide bonds.